The molecule has 0 aromatic heterocycles. The average Bonchev–Trinajstić information content (AvgIpc) is 2.17. The molecule has 3 heteroatoms. The van der Waals surface area contributed by atoms with E-state index in [0.717, 1.165) is 18.0 Å². The van der Waals surface area contributed by atoms with Crippen molar-refractivity contribution in [2.24, 2.45) is 0 Å². The lowest BCUT2D eigenvalue weighted by molar-refractivity contribution is 0.179. The third-order valence-corrected chi connectivity index (χ3v) is 1.96. The second kappa shape index (κ2) is 3.03. The summed E-state index contributed by atoms with van der Waals surface area (Å²) in [6.45, 7) is 0.813. The summed E-state index contributed by atoms with van der Waals surface area (Å²) in [5, 5.41) is 6.34. The van der Waals surface area contributed by atoms with Crippen LogP contribution in [0.5, 0.6) is 5.75 Å². The molecule has 0 radical (unpaired) electrons. The molecule has 0 fully saturated rings. The summed E-state index contributed by atoms with van der Waals surface area (Å²) in [5.74, 6) is 0.920. The third-order valence-electron chi connectivity index (χ3n) is 1.96. The zero-order valence-corrected chi connectivity index (χ0v) is 7.00. The molecule has 1 unspecified atom stereocenters. The fourth-order valence-electron chi connectivity index (χ4n) is 1.27. The largest absolute Gasteiger partial charge is 0.471 e. The van der Waals surface area contributed by atoms with E-state index in [-0.39, 0.29) is 6.23 Å². The fraction of sp³-hybridized carbons (Fsp3) is 0.333. The molecular formula is C9H12N2O. The molecule has 1 aromatic carbocycles. The molecule has 1 aliphatic rings. The summed E-state index contributed by atoms with van der Waals surface area (Å²) in [4.78, 5) is 0. The molecule has 2 N–H and O–H groups in total. The highest BCUT2D eigenvalue weighted by atomic mass is 16.5. The van der Waals surface area contributed by atoms with Crippen LogP contribution in [-0.4, -0.2) is 19.8 Å². The van der Waals surface area contributed by atoms with Gasteiger partial charge in [-0.3, -0.25) is 5.32 Å². The Morgan fingerprint density at radius 1 is 1.50 bits per heavy atom. The van der Waals surface area contributed by atoms with E-state index in [1.54, 1.807) is 0 Å². The van der Waals surface area contributed by atoms with Gasteiger partial charge in [-0.1, -0.05) is 12.1 Å². The topological polar surface area (TPSA) is 33.3 Å². The Morgan fingerprint density at radius 2 is 2.33 bits per heavy atom. The van der Waals surface area contributed by atoms with Crippen molar-refractivity contribution in [3.63, 3.8) is 0 Å². The van der Waals surface area contributed by atoms with Gasteiger partial charge in [0.15, 0.2) is 6.23 Å². The van der Waals surface area contributed by atoms with Gasteiger partial charge in [0.25, 0.3) is 0 Å². The van der Waals surface area contributed by atoms with Gasteiger partial charge < -0.3 is 10.1 Å². The molecular weight excluding hydrogens is 152 g/mol. The van der Waals surface area contributed by atoms with Gasteiger partial charge in [-0.2, -0.15) is 0 Å². The highest BCUT2D eigenvalue weighted by Gasteiger charge is 2.15. The number of hydrogen-bond donors (Lipinski definition) is 2. The molecule has 0 aliphatic carbocycles. The molecule has 2 rings (SSSR count). The Labute approximate surface area is 71.7 Å². The van der Waals surface area contributed by atoms with Crippen LogP contribution in [0.15, 0.2) is 24.3 Å². The molecule has 1 heterocycles. The van der Waals surface area contributed by atoms with Crippen molar-refractivity contribution in [1.82, 2.24) is 5.32 Å². The summed E-state index contributed by atoms with van der Waals surface area (Å²) >= 11 is 0. The number of nitrogens with one attached hydrogen (secondary N) is 2. The summed E-state index contributed by atoms with van der Waals surface area (Å²) in [6.07, 6.45) is 0.0832. The number of benzene rings is 1. The average molecular weight is 164 g/mol. The van der Waals surface area contributed by atoms with Crippen LogP contribution < -0.4 is 15.4 Å². The Hall–Kier alpha value is -1.22. The molecule has 12 heavy (non-hydrogen) atoms. The first-order valence-corrected chi connectivity index (χ1v) is 4.07. The molecule has 0 amide bonds. The van der Waals surface area contributed by atoms with Crippen molar-refractivity contribution in [2.45, 2.75) is 6.23 Å². The molecule has 64 valence electrons. The van der Waals surface area contributed by atoms with E-state index < -0.39 is 0 Å². The number of para-hydroxylation sites is 2. The molecule has 1 aromatic rings. The lowest BCUT2D eigenvalue weighted by Gasteiger charge is -2.26. The van der Waals surface area contributed by atoms with Crippen LogP contribution in [-0.2, 0) is 0 Å². The minimum atomic E-state index is 0.0832. The summed E-state index contributed by atoms with van der Waals surface area (Å²) in [7, 11) is 1.89. The minimum Gasteiger partial charge on any atom is -0.471 e. The number of fused-ring (bicyclic) bond motifs is 1. The SMILES string of the molecule is CNC1CNc2ccccc2O1. The number of ether oxygens (including phenoxy) is 1. The predicted molar refractivity (Wildman–Crippen MR) is 48.4 cm³/mol. The third kappa shape index (κ3) is 1.23. The Balaban J connectivity index is 2.23. The van der Waals surface area contributed by atoms with E-state index in [4.69, 9.17) is 4.74 Å². The fourth-order valence-corrected chi connectivity index (χ4v) is 1.27. The Morgan fingerprint density at radius 3 is 3.17 bits per heavy atom. The van der Waals surface area contributed by atoms with Gasteiger partial charge in [-0.05, 0) is 19.2 Å². The van der Waals surface area contributed by atoms with Crippen molar-refractivity contribution in [3.05, 3.63) is 24.3 Å². The van der Waals surface area contributed by atoms with Gasteiger partial charge in [0.2, 0.25) is 0 Å². The van der Waals surface area contributed by atoms with E-state index >= 15 is 0 Å². The van der Waals surface area contributed by atoms with Crippen LogP contribution >= 0.6 is 0 Å². The second-order valence-electron chi connectivity index (χ2n) is 2.77. The van der Waals surface area contributed by atoms with Gasteiger partial charge in [0.05, 0.1) is 12.2 Å². The van der Waals surface area contributed by atoms with E-state index in [1.165, 1.54) is 0 Å². The van der Waals surface area contributed by atoms with Gasteiger partial charge >= 0.3 is 0 Å². The first-order valence-electron chi connectivity index (χ1n) is 4.07. The van der Waals surface area contributed by atoms with Gasteiger partial charge in [0, 0.05) is 0 Å². The van der Waals surface area contributed by atoms with Crippen molar-refractivity contribution in [3.8, 4) is 5.75 Å². The number of rotatable bonds is 1. The highest BCUT2D eigenvalue weighted by Crippen LogP contribution is 2.27. The standard InChI is InChI=1S/C9H12N2O/c1-10-9-6-11-7-4-2-3-5-8(7)12-9/h2-5,9-11H,6H2,1H3. The normalized spacial score (nSPS) is 20.6. The van der Waals surface area contributed by atoms with Crippen LogP contribution in [0.25, 0.3) is 0 Å². The maximum atomic E-state index is 5.61. The van der Waals surface area contributed by atoms with E-state index in [1.807, 2.05) is 31.3 Å². The van der Waals surface area contributed by atoms with Crippen molar-refractivity contribution < 1.29 is 4.74 Å². The molecule has 1 aliphatic heterocycles. The molecule has 0 saturated heterocycles. The Bertz CT molecular complexity index is 275. The maximum absolute atomic E-state index is 5.61. The van der Waals surface area contributed by atoms with E-state index in [9.17, 15) is 0 Å². The summed E-state index contributed by atoms with van der Waals surface area (Å²) in [5.41, 5.74) is 1.07. The van der Waals surface area contributed by atoms with Crippen molar-refractivity contribution in [2.75, 3.05) is 18.9 Å². The number of anilines is 1. The van der Waals surface area contributed by atoms with Crippen LogP contribution in [0.2, 0.25) is 0 Å². The van der Waals surface area contributed by atoms with Gasteiger partial charge in [0.1, 0.15) is 5.75 Å². The molecule has 0 spiro atoms. The second-order valence-corrected chi connectivity index (χ2v) is 2.77. The molecule has 0 saturated carbocycles. The lowest BCUT2D eigenvalue weighted by atomic mass is 10.2. The summed E-state index contributed by atoms with van der Waals surface area (Å²) in [6, 6.07) is 7.94. The smallest absolute Gasteiger partial charge is 0.167 e. The van der Waals surface area contributed by atoms with Gasteiger partial charge in [-0.15, -0.1) is 0 Å². The van der Waals surface area contributed by atoms with E-state index in [0.29, 0.717) is 0 Å². The van der Waals surface area contributed by atoms with Gasteiger partial charge in [-0.25, -0.2) is 0 Å². The molecule has 3 nitrogen and oxygen atoms in total. The first kappa shape index (κ1) is 7.43. The maximum Gasteiger partial charge on any atom is 0.167 e. The first-order chi connectivity index (χ1) is 5.90. The number of likely N-dealkylation sites (N-methyl/N-ethyl adjacent to an activating group) is 1. The zero-order chi connectivity index (χ0) is 8.39. The zero-order valence-electron chi connectivity index (χ0n) is 7.00. The van der Waals surface area contributed by atoms with Crippen molar-refractivity contribution in [1.29, 1.82) is 0 Å². The molecule has 0 bridgehead atoms. The summed E-state index contributed by atoms with van der Waals surface area (Å²) < 4.78 is 5.61. The highest BCUT2D eigenvalue weighted by molar-refractivity contribution is 5.57. The predicted octanol–water partition coefficient (Wildman–Crippen LogP) is 1.04. The van der Waals surface area contributed by atoms with Crippen LogP contribution in [0.4, 0.5) is 5.69 Å². The lowest BCUT2D eigenvalue weighted by Crippen LogP contribution is -2.40. The quantitative estimate of drug-likeness (QED) is 0.650. The molecule has 1 atom stereocenters. The van der Waals surface area contributed by atoms with E-state index in [2.05, 4.69) is 10.6 Å². The Kier molecular flexibility index (Phi) is 1.87. The minimum absolute atomic E-state index is 0.0832. The van der Waals surface area contributed by atoms with Crippen LogP contribution in [0.3, 0.4) is 0 Å². The van der Waals surface area contributed by atoms with Crippen molar-refractivity contribution >= 4 is 5.69 Å². The van der Waals surface area contributed by atoms with Crippen LogP contribution in [0, 0.1) is 0 Å². The monoisotopic (exact) mass is 164 g/mol. The number of hydrogen-bond acceptors (Lipinski definition) is 3. The van der Waals surface area contributed by atoms with Crippen LogP contribution in [0.1, 0.15) is 0 Å².